The Hall–Kier alpha value is -1.52. The van der Waals surface area contributed by atoms with Crippen LogP contribution in [0, 0.1) is 0 Å². The van der Waals surface area contributed by atoms with E-state index < -0.39 is 0 Å². The molecule has 5 heteroatoms. The zero-order chi connectivity index (χ0) is 8.27. The SMILES string of the molecule is COc1ccn(C)c(=NN)n1. The standard InChI is InChI=1S/C6H10N4O/c1-10-4-3-5(11-2)8-6(10)9-7/h3-4H,7H2,1-2H3. The number of nitrogens with zero attached hydrogens (tertiary/aromatic N) is 3. The molecular weight excluding hydrogens is 144 g/mol. The molecule has 1 heterocycles. The van der Waals surface area contributed by atoms with Crippen molar-refractivity contribution >= 4 is 0 Å². The van der Waals surface area contributed by atoms with Gasteiger partial charge < -0.3 is 15.1 Å². The molecule has 11 heavy (non-hydrogen) atoms. The molecule has 1 aromatic rings. The molecule has 0 aliphatic carbocycles. The highest BCUT2D eigenvalue weighted by Gasteiger charge is 1.92. The predicted octanol–water partition coefficient (Wildman–Crippen LogP) is -0.797. The monoisotopic (exact) mass is 154 g/mol. The highest BCUT2D eigenvalue weighted by Crippen LogP contribution is 1.97. The van der Waals surface area contributed by atoms with Crippen LogP contribution < -0.4 is 16.2 Å². The van der Waals surface area contributed by atoms with Gasteiger partial charge in [0.2, 0.25) is 11.5 Å². The number of rotatable bonds is 1. The van der Waals surface area contributed by atoms with Crippen LogP contribution in [0.25, 0.3) is 0 Å². The zero-order valence-corrected chi connectivity index (χ0v) is 6.48. The number of aromatic nitrogens is 2. The van der Waals surface area contributed by atoms with E-state index in [2.05, 4.69) is 10.1 Å². The van der Waals surface area contributed by atoms with Gasteiger partial charge in [-0.1, -0.05) is 0 Å². The molecule has 0 bridgehead atoms. The zero-order valence-electron chi connectivity index (χ0n) is 6.48. The minimum atomic E-state index is 0.435. The molecule has 0 amide bonds. The third kappa shape index (κ3) is 1.49. The van der Waals surface area contributed by atoms with Crippen molar-refractivity contribution in [3.63, 3.8) is 0 Å². The fraction of sp³-hybridized carbons (Fsp3) is 0.333. The van der Waals surface area contributed by atoms with E-state index in [1.54, 1.807) is 31.0 Å². The lowest BCUT2D eigenvalue weighted by Crippen LogP contribution is -2.23. The predicted molar refractivity (Wildman–Crippen MR) is 39.5 cm³/mol. The summed E-state index contributed by atoms with van der Waals surface area (Å²) in [7, 11) is 3.35. The second-order valence-electron chi connectivity index (χ2n) is 2.01. The molecule has 1 rings (SSSR count). The first-order valence-electron chi connectivity index (χ1n) is 3.09. The summed E-state index contributed by atoms with van der Waals surface area (Å²) in [6.07, 6.45) is 1.78. The Morgan fingerprint density at radius 2 is 2.45 bits per heavy atom. The fourth-order valence-electron chi connectivity index (χ4n) is 0.691. The Bertz CT molecular complexity index is 304. The van der Waals surface area contributed by atoms with Gasteiger partial charge in [-0.15, -0.1) is 5.10 Å². The van der Waals surface area contributed by atoms with Crippen molar-refractivity contribution in [1.29, 1.82) is 0 Å². The van der Waals surface area contributed by atoms with Crippen molar-refractivity contribution in [2.75, 3.05) is 7.11 Å². The molecule has 0 atom stereocenters. The Labute approximate surface area is 64.1 Å². The van der Waals surface area contributed by atoms with E-state index in [0.29, 0.717) is 11.5 Å². The van der Waals surface area contributed by atoms with Crippen molar-refractivity contribution < 1.29 is 4.74 Å². The second-order valence-corrected chi connectivity index (χ2v) is 2.01. The summed E-state index contributed by atoms with van der Waals surface area (Å²) in [6.45, 7) is 0. The second kappa shape index (κ2) is 3.05. The third-order valence-corrected chi connectivity index (χ3v) is 1.29. The van der Waals surface area contributed by atoms with Crippen LogP contribution in [0.1, 0.15) is 0 Å². The molecule has 1 aromatic heterocycles. The fourth-order valence-corrected chi connectivity index (χ4v) is 0.691. The Morgan fingerprint density at radius 3 is 3.00 bits per heavy atom. The normalized spacial score (nSPS) is 11.6. The molecule has 5 nitrogen and oxygen atoms in total. The molecule has 0 aromatic carbocycles. The molecule has 0 aliphatic heterocycles. The summed E-state index contributed by atoms with van der Waals surface area (Å²) in [5.74, 6) is 5.57. The van der Waals surface area contributed by atoms with E-state index >= 15 is 0 Å². The average Bonchev–Trinajstić information content (AvgIpc) is 2.05. The van der Waals surface area contributed by atoms with Crippen LogP contribution >= 0.6 is 0 Å². The number of aryl methyl sites for hydroxylation is 1. The van der Waals surface area contributed by atoms with Gasteiger partial charge in [-0.3, -0.25) is 0 Å². The highest BCUT2D eigenvalue weighted by atomic mass is 16.5. The van der Waals surface area contributed by atoms with Gasteiger partial charge in [0.15, 0.2) is 0 Å². The molecule has 0 saturated carbocycles. The van der Waals surface area contributed by atoms with Crippen LogP contribution in [0.4, 0.5) is 0 Å². The van der Waals surface area contributed by atoms with E-state index in [-0.39, 0.29) is 0 Å². The van der Waals surface area contributed by atoms with E-state index in [0.717, 1.165) is 0 Å². The average molecular weight is 154 g/mol. The Balaban J connectivity index is 3.24. The first-order valence-corrected chi connectivity index (χ1v) is 3.09. The lowest BCUT2D eigenvalue weighted by molar-refractivity contribution is 0.392. The maximum atomic E-state index is 5.06. The van der Waals surface area contributed by atoms with Gasteiger partial charge in [-0.05, 0) is 0 Å². The summed E-state index contributed by atoms with van der Waals surface area (Å²) in [5, 5.41) is 3.45. The Morgan fingerprint density at radius 1 is 1.73 bits per heavy atom. The maximum absolute atomic E-state index is 5.06. The molecule has 60 valence electrons. The van der Waals surface area contributed by atoms with Crippen molar-refractivity contribution in [3.05, 3.63) is 17.9 Å². The van der Waals surface area contributed by atoms with Crippen molar-refractivity contribution in [3.8, 4) is 5.88 Å². The molecule has 0 fully saturated rings. The minimum absolute atomic E-state index is 0.435. The summed E-state index contributed by atoms with van der Waals surface area (Å²) >= 11 is 0. The molecule has 0 radical (unpaired) electrons. The van der Waals surface area contributed by atoms with E-state index in [1.807, 2.05) is 0 Å². The molecule has 2 N–H and O–H groups in total. The van der Waals surface area contributed by atoms with Crippen molar-refractivity contribution in [2.45, 2.75) is 0 Å². The van der Waals surface area contributed by atoms with Gasteiger partial charge in [0, 0.05) is 19.3 Å². The quantitative estimate of drug-likeness (QED) is 0.425. The third-order valence-electron chi connectivity index (χ3n) is 1.29. The largest absolute Gasteiger partial charge is 0.481 e. The van der Waals surface area contributed by atoms with Crippen LogP contribution in [0.3, 0.4) is 0 Å². The molecule has 0 saturated heterocycles. The van der Waals surface area contributed by atoms with Crippen molar-refractivity contribution in [2.24, 2.45) is 18.0 Å². The number of hydrogen-bond donors (Lipinski definition) is 1. The molecule has 0 unspecified atom stereocenters. The van der Waals surface area contributed by atoms with Crippen molar-refractivity contribution in [1.82, 2.24) is 9.55 Å². The van der Waals surface area contributed by atoms with Gasteiger partial charge >= 0.3 is 0 Å². The number of methoxy groups -OCH3 is 1. The minimum Gasteiger partial charge on any atom is -0.481 e. The number of ether oxygens (including phenoxy) is 1. The summed E-state index contributed by atoms with van der Waals surface area (Å²) in [6, 6.07) is 1.73. The number of nitrogens with two attached hydrogens (primary N) is 1. The number of hydrogen-bond acceptors (Lipinski definition) is 4. The first kappa shape index (κ1) is 7.59. The van der Waals surface area contributed by atoms with Gasteiger partial charge in [0.05, 0.1) is 7.11 Å². The molecule has 0 spiro atoms. The van der Waals surface area contributed by atoms with Crippen LogP contribution in [-0.4, -0.2) is 16.7 Å². The summed E-state index contributed by atoms with van der Waals surface area (Å²) < 4.78 is 6.57. The van der Waals surface area contributed by atoms with E-state index in [4.69, 9.17) is 10.6 Å². The maximum Gasteiger partial charge on any atom is 0.249 e. The molecular formula is C6H10N4O. The lowest BCUT2D eigenvalue weighted by atomic mass is 10.6. The first-order chi connectivity index (χ1) is 5.27. The van der Waals surface area contributed by atoms with Crippen LogP contribution in [-0.2, 0) is 7.05 Å². The lowest BCUT2D eigenvalue weighted by Gasteiger charge is -2.00. The van der Waals surface area contributed by atoms with E-state index in [1.165, 1.54) is 0 Å². The van der Waals surface area contributed by atoms with Gasteiger partial charge in [-0.25, -0.2) is 0 Å². The van der Waals surface area contributed by atoms with Crippen LogP contribution in [0.15, 0.2) is 17.4 Å². The smallest absolute Gasteiger partial charge is 0.249 e. The van der Waals surface area contributed by atoms with Crippen LogP contribution in [0.5, 0.6) is 5.88 Å². The summed E-state index contributed by atoms with van der Waals surface area (Å²) in [5.41, 5.74) is 0.435. The van der Waals surface area contributed by atoms with Gasteiger partial charge in [0.25, 0.3) is 0 Å². The van der Waals surface area contributed by atoms with Gasteiger partial charge in [0.1, 0.15) is 0 Å². The van der Waals surface area contributed by atoms with Crippen LogP contribution in [0.2, 0.25) is 0 Å². The van der Waals surface area contributed by atoms with E-state index in [9.17, 15) is 0 Å². The Kier molecular flexibility index (Phi) is 2.10. The molecule has 0 aliphatic rings. The topological polar surface area (TPSA) is 65.4 Å². The van der Waals surface area contributed by atoms with Gasteiger partial charge in [-0.2, -0.15) is 4.98 Å². The summed E-state index contributed by atoms with van der Waals surface area (Å²) in [4.78, 5) is 3.96. The highest BCUT2D eigenvalue weighted by molar-refractivity contribution is 5.04.